The minimum absolute atomic E-state index is 0.276. The number of pyridine rings is 1. The summed E-state index contributed by atoms with van der Waals surface area (Å²) in [6.45, 7) is 0.669. The van der Waals surface area contributed by atoms with Crippen LogP contribution in [0.15, 0.2) is 36.4 Å². The molecule has 3 rings (SSSR count). The molecule has 1 N–H and O–H groups in total. The summed E-state index contributed by atoms with van der Waals surface area (Å²) < 4.78 is 55.4. The van der Waals surface area contributed by atoms with E-state index in [2.05, 4.69) is 5.32 Å². The molecule has 0 fully saturated rings. The molecule has 6 nitrogen and oxygen atoms in total. The molecular weight excluding hydrogens is 423 g/mol. The fourth-order valence-corrected chi connectivity index (χ4v) is 3.54. The van der Waals surface area contributed by atoms with Gasteiger partial charge in [0.05, 0.1) is 32.4 Å². The van der Waals surface area contributed by atoms with E-state index in [1.54, 1.807) is 26.4 Å². The molecule has 0 aliphatic heterocycles. The van der Waals surface area contributed by atoms with E-state index in [0.29, 0.717) is 34.9 Å². The Morgan fingerprint density at radius 1 is 0.938 bits per heavy atom. The zero-order chi connectivity index (χ0) is 23.5. The third kappa shape index (κ3) is 4.83. The SMILES string of the molecule is COc1cc2nc(N(C)C)c(CNCc3cccc(C(F)(F)F)c3)cc2c(OC)c1OC. The van der Waals surface area contributed by atoms with Crippen LogP contribution in [0.4, 0.5) is 19.0 Å². The maximum absolute atomic E-state index is 13.0. The van der Waals surface area contributed by atoms with E-state index in [1.807, 2.05) is 25.1 Å². The first kappa shape index (κ1) is 23.5. The van der Waals surface area contributed by atoms with Crippen molar-refractivity contribution in [1.29, 1.82) is 0 Å². The van der Waals surface area contributed by atoms with Crippen molar-refractivity contribution in [2.45, 2.75) is 19.3 Å². The highest BCUT2D eigenvalue weighted by Crippen LogP contribution is 2.43. The summed E-state index contributed by atoms with van der Waals surface area (Å²) in [5, 5.41) is 3.96. The fraction of sp³-hybridized carbons (Fsp3) is 0.348. The second kappa shape index (κ2) is 9.52. The monoisotopic (exact) mass is 449 g/mol. The number of methoxy groups -OCH3 is 3. The number of halogens is 3. The number of hydrogen-bond acceptors (Lipinski definition) is 6. The van der Waals surface area contributed by atoms with E-state index < -0.39 is 11.7 Å². The predicted octanol–water partition coefficient (Wildman–Crippen LogP) is 4.64. The van der Waals surface area contributed by atoms with Crippen LogP contribution in [0.1, 0.15) is 16.7 Å². The maximum atomic E-state index is 13.0. The Balaban J connectivity index is 1.94. The van der Waals surface area contributed by atoms with E-state index >= 15 is 0 Å². The zero-order valence-corrected chi connectivity index (χ0v) is 18.6. The van der Waals surface area contributed by atoms with E-state index in [0.717, 1.165) is 28.9 Å². The molecule has 172 valence electrons. The van der Waals surface area contributed by atoms with Gasteiger partial charge in [0.2, 0.25) is 5.75 Å². The minimum atomic E-state index is -4.37. The Labute approximate surface area is 184 Å². The van der Waals surface area contributed by atoms with Gasteiger partial charge in [-0.3, -0.25) is 0 Å². The number of anilines is 1. The molecule has 0 saturated heterocycles. The Bertz CT molecular complexity index is 1100. The fourth-order valence-electron chi connectivity index (χ4n) is 3.54. The Morgan fingerprint density at radius 2 is 1.66 bits per heavy atom. The van der Waals surface area contributed by atoms with Crippen molar-refractivity contribution in [3.8, 4) is 17.2 Å². The van der Waals surface area contributed by atoms with Gasteiger partial charge in [-0.1, -0.05) is 18.2 Å². The quantitative estimate of drug-likeness (QED) is 0.541. The molecule has 32 heavy (non-hydrogen) atoms. The van der Waals surface area contributed by atoms with Gasteiger partial charge in [-0.25, -0.2) is 4.98 Å². The highest BCUT2D eigenvalue weighted by molar-refractivity contribution is 5.92. The van der Waals surface area contributed by atoms with Crippen LogP contribution in [0.5, 0.6) is 17.2 Å². The molecule has 0 spiro atoms. The normalized spacial score (nSPS) is 11.5. The average Bonchev–Trinajstić information content (AvgIpc) is 2.76. The Morgan fingerprint density at radius 3 is 2.25 bits per heavy atom. The average molecular weight is 449 g/mol. The highest BCUT2D eigenvalue weighted by Gasteiger charge is 2.30. The van der Waals surface area contributed by atoms with Crippen LogP contribution in [0.3, 0.4) is 0 Å². The van der Waals surface area contributed by atoms with Gasteiger partial charge in [0.15, 0.2) is 11.5 Å². The smallest absolute Gasteiger partial charge is 0.416 e. The van der Waals surface area contributed by atoms with Crippen molar-refractivity contribution in [3.05, 3.63) is 53.1 Å². The summed E-state index contributed by atoms with van der Waals surface area (Å²) >= 11 is 0. The molecule has 0 saturated carbocycles. The van der Waals surface area contributed by atoms with Crippen molar-refractivity contribution < 1.29 is 27.4 Å². The van der Waals surface area contributed by atoms with Crippen molar-refractivity contribution >= 4 is 16.7 Å². The lowest BCUT2D eigenvalue weighted by atomic mass is 10.1. The van der Waals surface area contributed by atoms with E-state index in [-0.39, 0.29) is 6.54 Å². The standard InChI is InChI=1S/C23H26F3N3O3/c1-29(2)22-15(13-27-12-14-7-6-8-16(9-14)23(24,25)26)10-17-18(28-22)11-19(30-3)21(32-5)20(17)31-4/h6-11,27H,12-13H2,1-5H3. The summed E-state index contributed by atoms with van der Waals surface area (Å²) in [5.74, 6) is 2.19. The number of hydrogen-bond donors (Lipinski definition) is 1. The number of benzene rings is 2. The number of aromatic nitrogens is 1. The highest BCUT2D eigenvalue weighted by atomic mass is 19.4. The molecule has 0 unspecified atom stereocenters. The first-order valence-corrected chi connectivity index (χ1v) is 9.86. The molecular formula is C23H26F3N3O3. The van der Waals surface area contributed by atoms with Crippen molar-refractivity contribution in [1.82, 2.24) is 10.3 Å². The lowest BCUT2D eigenvalue weighted by Gasteiger charge is -2.20. The van der Waals surface area contributed by atoms with E-state index in [4.69, 9.17) is 19.2 Å². The molecule has 9 heteroatoms. The van der Waals surface area contributed by atoms with Crippen molar-refractivity contribution in [3.63, 3.8) is 0 Å². The van der Waals surface area contributed by atoms with Crippen LogP contribution < -0.4 is 24.4 Å². The number of ether oxygens (including phenoxy) is 3. The number of rotatable bonds is 8. The molecule has 0 aliphatic rings. The minimum Gasteiger partial charge on any atom is -0.493 e. The summed E-state index contributed by atoms with van der Waals surface area (Å²) in [6.07, 6.45) is -4.37. The second-order valence-corrected chi connectivity index (χ2v) is 7.38. The topological polar surface area (TPSA) is 55.9 Å². The summed E-state index contributed by atoms with van der Waals surface area (Å²) in [7, 11) is 8.38. The lowest BCUT2D eigenvalue weighted by molar-refractivity contribution is -0.137. The van der Waals surface area contributed by atoms with Crippen LogP contribution in [0, 0.1) is 0 Å². The van der Waals surface area contributed by atoms with Crippen LogP contribution in [0.25, 0.3) is 10.9 Å². The maximum Gasteiger partial charge on any atom is 0.416 e. The molecule has 0 radical (unpaired) electrons. The molecule has 1 aromatic heterocycles. The number of nitrogens with zero attached hydrogens (tertiary/aromatic N) is 2. The first-order valence-electron chi connectivity index (χ1n) is 9.86. The molecule has 0 aliphatic carbocycles. The summed E-state index contributed by atoms with van der Waals surface area (Å²) in [6, 6.07) is 9.01. The van der Waals surface area contributed by atoms with Gasteiger partial charge in [0, 0.05) is 44.2 Å². The molecule has 0 amide bonds. The zero-order valence-electron chi connectivity index (χ0n) is 18.6. The molecule has 0 atom stereocenters. The molecule has 2 aromatic carbocycles. The second-order valence-electron chi connectivity index (χ2n) is 7.38. The number of nitrogens with one attached hydrogen (secondary N) is 1. The predicted molar refractivity (Wildman–Crippen MR) is 118 cm³/mol. The molecule has 0 bridgehead atoms. The van der Waals surface area contributed by atoms with Crippen LogP contribution >= 0.6 is 0 Å². The van der Waals surface area contributed by atoms with Gasteiger partial charge >= 0.3 is 6.18 Å². The van der Waals surface area contributed by atoms with E-state index in [1.165, 1.54) is 13.2 Å². The third-order valence-corrected chi connectivity index (χ3v) is 5.00. The Kier molecular flexibility index (Phi) is 6.98. The van der Waals surface area contributed by atoms with Gasteiger partial charge in [-0.05, 0) is 17.7 Å². The first-order chi connectivity index (χ1) is 15.2. The van der Waals surface area contributed by atoms with Gasteiger partial charge in [-0.2, -0.15) is 13.2 Å². The van der Waals surface area contributed by atoms with Crippen LogP contribution in [-0.4, -0.2) is 40.4 Å². The lowest BCUT2D eigenvalue weighted by Crippen LogP contribution is -2.19. The number of fused-ring (bicyclic) bond motifs is 1. The van der Waals surface area contributed by atoms with Gasteiger partial charge < -0.3 is 24.4 Å². The largest absolute Gasteiger partial charge is 0.493 e. The molecule has 3 aromatic rings. The van der Waals surface area contributed by atoms with E-state index in [9.17, 15) is 13.2 Å². The Hall–Kier alpha value is -3.20. The number of alkyl halides is 3. The van der Waals surface area contributed by atoms with Gasteiger partial charge in [0.25, 0.3) is 0 Å². The van der Waals surface area contributed by atoms with Crippen LogP contribution in [0.2, 0.25) is 0 Å². The molecule has 1 heterocycles. The van der Waals surface area contributed by atoms with Crippen molar-refractivity contribution in [2.75, 3.05) is 40.3 Å². The van der Waals surface area contributed by atoms with Crippen LogP contribution in [-0.2, 0) is 19.3 Å². The van der Waals surface area contributed by atoms with Gasteiger partial charge in [-0.15, -0.1) is 0 Å². The summed E-state index contributed by atoms with van der Waals surface area (Å²) in [4.78, 5) is 6.64. The third-order valence-electron chi connectivity index (χ3n) is 5.00. The van der Waals surface area contributed by atoms with Gasteiger partial charge in [0.1, 0.15) is 5.82 Å². The summed E-state index contributed by atoms with van der Waals surface area (Å²) in [5.41, 5.74) is 1.41. The van der Waals surface area contributed by atoms with Crippen molar-refractivity contribution in [2.24, 2.45) is 0 Å².